The molecule has 2 saturated heterocycles. The first-order valence-corrected chi connectivity index (χ1v) is 18.4. The maximum absolute atomic E-state index is 14.0. The molecule has 0 aromatic heterocycles. The van der Waals surface area contributed by atoms with Crippen molar-refractivity contribution in [1.82, 2.24) is 4.90 Å². The van der Waals surface area contributed by atoms with Crippen LogP contribution in [0, 0.1) is 33.8 Å². The number of aliphatic hydroxyl groups is 3. The summed E-state index contributed by atoms with van der Waals surface area (Å²) >= 11 is 0. The van der Waals surface area contributed by atoms with Gasteiger partial charge in [-0.15, -0.1) is 0 Å². The fraction of sp³-hybridized carbons (Fsp3) is 0.763. The van der Waals surface area contributed by atoms with Crippen LogP contribution in [0.25, 0.3) is 0 Å². The molecule has 15 nitrogen and oxygen atoms in total. The number of likely N-dealkylation sites (N-methyl/N-ethyl adjacent to an activating group) is 1. The number of carbonyl (C=O) groups excluding carboxylic acids is 3. The number of hydrogen-bond donors (Lipinski definition) is 3. The Morgan fingerprint density at radius 1 is 1.08 bits per heavy atom. The number of ether oxygens (including phenoxy) is 5. The third kappa shape index (κ3) is 9.99. The van der Waals surface area contributed by atoms with Gasteiger partial charge in [-0.2, -0.15) is 0 Å². The number of esters is 2. The lowest BCUT2D eigenvalue weighted by molar-refractivity contribution is -0.385. The molecule has 53 heavy (non-hydrogen) atoms. The Morgan fingerprint density at radius 2 is 1.70 bits per heavy atom. The highest BCUT2D eigenvalue weighted by Crippen LogP contribution is 2.40. The van der Waals surface area contributed by atoms with Gasteiger partial charge in [0.15, 0.2) is 6.29 Å². The van der Waals surface area contributed by atoms with Crippen molar-refractivity contribution in [2.45, 2.75) is 141 Å². The Bertz CT molecular complexity index is 1440. The van der Waals surface area contributed by atoms with E-state index in [4.69, 9.17) is 23.7 Å². The van der Waals surface area contributed by atoms with Gasteiger partial charge in [-0.25, -0.2) is 0 Å². The lowest BCUT2D eigenvalue weighted by Gasteiger charge is -2.48. The Balaban J connectivity index is 2.21. The summed E-state index contributed by atoms with van der Waals surface area (Å²) in [6.45, 7) is 12.8. The number of hydrogen-bond acceptors (Lipinski definition) is 14. The van der Waals surface area contributed by atoms with E-state index in [-0.39, 0.29) is 42.0 Å². The summed E-state index contributed by atoms with van der Waals surface area (Å²) in [6.07, 6.45) is -7.90. The van der Waals surface area contributed by atoms with E-state index in [1.54, 1.807) is 33.8 Å². The van der Waals surface area contributed by atoms with Crippen LogP contribution in [0.1, 0.15) is 80.2 Å². The molecule has 0 amide bonds. The summed E-state index contributed by atoms with van der Waals surface area (Å²) in [5.74, 6) is -6.15. The predicted octanol–water partition coefficient (Wildman–Crippen LogP) is 3.22. The van der Waals surface area contributed by atoms with Gasteiger partial charge in [0.05, 0.1) is 41.2 Å². The standard InChI is InChI=1S/C38H60N2O13/c1-12-28-38(8,46)33(44)22(4)30(42)20(2)19-37(7,49-11)34(53-36-31(43)27(39(9)10)17-21(3)50-36)23(5)32(24(6)35(45)51-28)52-29(41)18-25-15-13-14-16-26(25)40(47)48/h13-16,20-24,27-28,31-34,36,43-44,46H,12,17-19H2,1-11H3/t20-,21-,22+,23+,24-,27+,28-,31-,32+,33-,34-,36?,37+,38-/m1/s1. The van der Waals surface area contributed by atoms with Crippen LogP contribution >= 0.6 is 0 Å². The van der Waals surface area contributed by atoms with Gasteiger partial charge in [-0.05, 0) is 61.1 Å². The van der Waals surface area contributed by atoms with Gasteiger partial charge >= 0.3 is 11.9 Å². The fourth-order valence-electron chi connectivity index (χ4n) is 7.97. The molecule has 1 unspecified atom stereocenters. The number of nitro groups is 1. The summed E-state index contributed by atoms with van der Waals surface area (Å²) in [5, 5.41) is 46.2. The number of ketones is 1. The molecule has 3 rings (SSSR count). The SMILES string of the molecule is CC[C@H]1OC(=O)[C@H](C)[C@@H](OC(=O)Cc2ccccc2[N+](=O)[O-])[C@H](C)[C@@H](OC2O[C@H](C)C[C@H](N(C)C)[C@H]2O)[C@@](C)(OC)C[C@@H](C)C(=O)[C@H](C)[C@@H](O)[C@]1(C)O. The van der Waals surface area contributed by atoms with Crippen LogP contribution < -0.4 is 0 Å². The van der Waals surface area contributed by atoms with E-state index in [1.165, 1.54) is 46.1 Å². The lowest BCUT2D eigenvalue weighted by atomic mass is 9.74. The second kappa shape index (κ2) is 18.1. The average Bonchev–Trinajstić information content (AvgIpc) is 3.10. The van der Waals surface area contributed by atoms with Crippen LogP contribution in [0.3, 0.4) is 0 Å². The number of cyclic esters (lactones) is 1. The number of nitrogens with zero attached hydrogens (tertiary/aromatic N) is 2. The number of methoxy groups -OCH3 is 1. The lowest BCUT2D eigenvalue weighted by Crippen LogP contribution is -2.60. The predicted molar refractivity (Wildman–Crippen MR) is 192 cm³/mol. The molecular formula is C38H60N2O13. The minimum absolute atomic E-state index is 0.0128. The first-order valence-electron chi connectivity index (χ1n) is 18.4. The van der Waals surface area contributed by atoms with E-state index in [2.05, 4.69) is 0 Å². The molecule has 300 valence electrons. The topological polar surface area (TPSA) is 204 Å². The third-order valence-electron chi connectivity index (χ3n) is 11.3. The van der Waals surface area contributed by atoms with Gasteiger partial charge in [0.25, 0.3) is 5.69 Å². The first-order chi connectivity index (χ1) is 24.6. The summed E-state index contributed by atoms with van der Waals surface area (Å²) < 4.78 is 30.9. The zero-order chi connectivity index (χ0) is 40.2. The van der Waals surface area contributed by atoms with E-state index < -0.39 is 95.0 Å². The van der Waals surface area contributed by atoms with Crippen LogP contribution in [0.5, 0.6) is 0 Å². The number of carbonyl (C=O) groups is 3. The van der Waals surface area contributed by atoms with E-state index in [9.17, 15) is 39.8 Å². The minimum atomic E-state index is -2.04. The largest absolute Gasteiger partial charge is 0.461 e. The zero-order valence-corrected chi connectivity index (χ0v) is 32.9. The molecule has 14 atom stereocenters. The van der Waals surface area contributed by atoms with Crippen LogP contribution in [0.2, 0.25) is 0 Å². The Kier molecular flexibility index (Phi) is 15.1. The maximum Gasteiger partial charge on any atom is 0.312 e. The number of nitro benzene ring substituents is 1. The second-order valence-electron chi connectivity index (χ2n) is 15.6. The highest BCUT2D eigenvalue weighted by Gasteiger charge is 2.53. The maximum atomic E-state index is 14.0. The molecule has 1 aromatic carbocycles. The van der Waals surface area contributed by atoms with Gasteiger partial charge in [0.1, 0.15) is 29.7 Å². The molecule has 1 aromatic rings. The van der Waals surface area contributed by atoms with Gasteiger partial charge in [-0.1, -0.05) is 45.9 Å². The molecule has 0 radical (unpaired) electrons. The van der Waals surface area contributed by atoms with E-state index >= 15 is 0 Å². The van der Waals surface area contributed by atoms with Crippen molar-refractivity contribution >= 4 is 23.4 Å². The molecule has 0 spiro atoms. The number of Topliss-reactive ketones (excluding diaryl/α,β-unsaturated/α-hetero) is 1. The third-order valence-corrected chi connectivity index (χ3v) is 11.3. The molecule has 2 heterocycles. The summed E-state index contributed by atoms with van der Waals surface area (Å²) in [4.78, 5) is 54.6. The second-order valence-corrected chi connectivity index (χ2v) is 15.6. The minimum Gasteiger partial charge on any atom is -0.461 e. The van der Waals surface area contributed by atoms with Crippen molar-refractivity contribution < 1.29 is 58.3 Å². The van der Waals surface area contributed by atoms with Crippen LogP contribution in [0.15, 0.2) is 24.3 Å². The van der Waals surface area contributed by atoms with Crippen LogP contribution in [-0.4, -0.2) is 124 Å². The molecular weight excluding hydrogens is 692 g/mol. The zero-order valence-electron chi connectivity index (χ0n) is 32.9. The average molecular weight is 753 g/mol. The Hall–Kier alpha value is -3.05. The first kappa shape index (κ1) is 44.3. The van der Waals surface area contributed by atoms with Crippen molar-refractivity contribution in [3.8, 4) is 0 Å². The Labute approximate surface area is 312 Å². The molecule has 0 aliphatic carbocycles. The van der Waals surface area contributed by atoms with Gasteiger partial charge < -0.3 is 43.9 Å². The molecule has 0 bridgehead atoms. The highest BCUT2D eigenvalue weighted by molar-refractivity contribution is 5.83. The normalized spacial score (nSPS) is 39.2. The smallest absolute Gasteiger partial charge is 0.312 e. The van der Waals surface area contributed by atoms with Gasteiger partial charge in [-0.3, -0.25) is 24.5 Å². The number of aliphatic hydroxyl groups excluding tert-OH is 2. The number of rotatable bonds is 9. The summed E-state index contributed by atoms with van der Waals surface area (Å²) in [6, 6.07) is 5.39. The molecule has 0 saturated carbocycles. The van der Waals surface area contributed by atoms with E-state index in [1.807, 2.05) is 25.9 Å². The quantitative estimate of drug-likeness (QED) is 0.188. The van der Waals surface area contributed by atoms with Gasteiger partial charge in [0.2, 0.25) is 0 Å². The van der Waals surface area contributed by atoms with Crippen LogP contribution in [-0.2, 0) is 44.5 Å². The van der Waals surface area contributed by atoms with Crippen molar-refractivity contribution in [1.29, 1.82) is 0 Å². The Morgan fingerprint density at radius 3 is 2.26 bits per heavy atom. The fourth-order valence-corrected chi connectivity index (χ4v) is 7.97. The van der Waals surface area contributed by atoms with Crippen LogP contribution in [0.4, 0.5) is 5.69 Å². The molecule has 15 heteroatoms. The van der Waals surface area contributed by atoms with Crippen molar-refractivity contribution in [3.63, 3.8) is 0 Å². The highest BCUT2D eigenvalue weighted by atomic mass is 16.7. The molecule has 2 fully saturated rings. The van der Waals surface area contributed by atoms with Gasteiger partial charge in [0, 0.05) is 42.5 Å². The molecule has 3 N–H and O–H groups in total. The van der Waals surface area contributed by atoms with Crippen molar-refractivity contribution in [2.75, 3.05) is 21.2 Å². The van der Waals surface area contributed by atoms with E-state index in [0.717, 1.165) is 0 Å². The summed E-state index contributed by atoms with van der Waals surface area (Å²) in [7, 11) is 5.08. The molecule has 2 aliphatic rings. The van der Waals surface area contributed by atoms with Crippen molar-refractivity contribution in [2.24, 2.45) is 23.7 Å². The molecule has 2 aliphatic heterocycles. The number of benzene rings is 1. The number of para-hydroxylation sites is 1. The van der Waals surface area contributed by atoms with E-state index in [0.29, 0.717) is 6.42 Å². The monoisotopic (exact) mass is 752 g/mol. The van der Waals surface area contributed by atoms with Crippen molar-refractivity contribution in [3.05, 3.63) is 39.9 Å². The summed E-state index contributed by atoms with van der Waals surface area (Å²) in [5.41, 5.74) is -3.60.